The van der Waals surface area contributed by atoms with Crippen LogP contribution in [0.4, 0.5) is 0 Å². The molecule has 0 unspecified atom stereocenters. The SMILES string of the molecule is COC(=O)c1ccc2c(=O)n(CC(C)(C)CN(C)C)c(=O)[nH]c2c1. The minimum absolute atomic E-state index is 0.250. The fourth-order valence-corrected chi connectivity index (χ4v) is 2.98. The average molecular weight is 333 g/mol. The number of carbonyl (C=O) groups excluding carboxylic acids is 1. The highest BCUT2D eigenvalue weighted by Crippen LogP contribution is 2.18. The summed E-state index contributed by atoms with van der Waals surface area (Å²) in [6.45, 7) is 5.04. The second-order valence-electron chi connectivity index (χ2n) is 6.98. The van der Waals surface area contributed by atoms with E-state index >= 15 is 0 Å². The molecule has 0 aliphatic rings. The van der Waals surface area contributed by atoms with E-state index in [1.165, 1.54) is 29.9 Å². The fraction of sp³-hybridized carbons (Fsp3) is 0.471. The first-order valence-corrected chi connectivity index (χ1v) is 7.64. The van der Waals surface area contributed by atoms with Crippen LogP contribution in [0.5, 0.6) is 0 Å². The molecule has 0 amide bonds. The maximum absolute atomic E-state index is 12.7. The van der Waals surface area contributed by atoms with Gasteiger partial charge in [0.1, 0.15) is 0 Å². The molecule has 2 rings (SSSR count). The minimum atomic E-state index is -0.519. The zero-order valence-corrected chi connectivity index (χ0v) is 14.7. The Morgan fingerprint density at radius 2 is 1.96 bits per heavy atom. The van der Waals surface area contributed by atoms with Crippen LogP contribution in [0.25, 0.3) is 10.9 Å². The third kappa shape index (κ3) is 3.73. The lowest BCUT2D eigenvalue weighted by atomic mass is 9.93. The quantitative estimate of drug-likeness (QED) is 0.827. The van der Waals surface area contributed by atoms with Crippen LogP contribution in [0.3, 0.4) is 0 Å². The number of nitrogens with zero attached hydrogens (tertiary/aromatic N) is 2. The van der Waals surface area contributed by atoms with Gasteiger partial charge in [0.2, 0.25) is 0 Å². The van der Waals surface area contributed by atoms with E-state index in [0.29, 0.717) is 17.4 Å². The molecule has 1 heterocycles. The Morgan fingerprint density at radius 1 is 1.29 bits per heavy atom. The van der Waals surface area contributed by atoms with Gasteiger partial charge in [-0.25, -0.2) is 9.59 Å². The number of carbonyl (C=O) groups is 1. The molecule has 24 heavy (non-hydrogen) atoms. The van der Waals surface area contributed by atoms with Gasteiger partial charge in [0.05, 0.1) is 23.6 Å². The van der Waals surface area contributed by atoms with E-state index in [4.69, 9.17) is 0 Å². The lowest BCUT2D eigenvalue weighted by Crippen LogP contribution is -2.42. The molecular formula is C17H23N3O4. The van der Waals surface area contributed by atoms with Crippen molar-refractivity contribution in [3.8, 4) is 0 Å². The predicted molar refractivity (Wildman–Crippen MR) is 92.5 cm³/mol. The topological polar surface area (TPSA) is 84.4 Å². The first-order chi connectivity index (χ1) is 11.1. The Bertz CT molecular complexity index is 878. The summed E-state index contributed by atoms with van der Waals surface area (Å²) in [6.07, 6.45) is 0. The number of aromatic amines is 1. The lowest BCUT2D eigenvalue weighted by molar-refractivity contribution is 0.0601. The Kier molecular flexibility index (Phi) is 4.94. The molecule has 0 aliphatic heterocycles. The van der Waals surface area contributed by atoms with Gasteiger partial charge in [0, 0.05) is 13.1 Å². The van der Waals surface area contributed by atoms with Crippen LogP contribution in [0.1, 0.15) is 24.2 Å². The molecule has 2 aromatic rings. The number of hydrogen-bond acceptors (Lipinski definition) is 5. The number of ether oxygens (including phenoxy) is 1. The maximum Gasteiger partial charge on any atom is 0.337 e. The van der Waals surface area contributed by atoms with Crippen LogP contribution in [-0.2, 0) is 11.3 Å². The lowest BCUT2D eigenvalue weighted by Gasteiger charge is -2.28. The summed E-state index contributed by atoms with van der Waals surface area (Å²) in [6, 6.07) is 4.51. The first kappa shape index (κ1) is 17.9. The molecule has 0 spiro atoms. The molecule has 0 aliphatic carbocycles. The summed E-state index contributed by atoms with van der Waals surface area (Å²) in [7, 11) is 5.17. The molecule has 0 fully saturated rings. The monoisotopic (exact) mass is 333 g/mol. The maximum atomic E-state index is 12.7. The van der Waals surface area contributed by atoms with Gasteiger partial charge < -0.3 is 14.6 Å². The van der Waals surface area contributed by atoms with Crippen LogP contribution < -0.4 is 11.2 Å². The van der Waals surface area contributed by atoms with Gasteiger partial charge in [-0.15, -0.1) is 0 Å². The van der Waals surface area contributed by atoms with Crippen LogP contribution in [0.2, 0.25) is 0 Å². The van der Waals surface area contributed by atoms with Gasteiger partial charge in [-0.2, -0.15) is 0 Å². The van der Waals surface area contributed by atoms with Crippen LogP contribution in [-0.4, -0.2) is 48.2 Å². The fourth-order valence-electron chi connectivity index (χ4n) is 2.98. The molecule has 130 valence electrons. The average Bonchev–Trinajstić information content (AvgIpc) is 2.48. The van der Waals surface area contributed by atoms with Crippen molar-refractivity contribution in [2.24, 2.45) is 5.41 Å². The summed E-state index contributed by atoms with van der Waals surface area (Å²) in [5, 5.41) is 0.364. The molecule has 1 N–H and O–H groups in total. The normalized spacial score (nSPS) is 11.9. The number of aromatic nitrogens is 2. The summed E-state index contributed by atoms with van der Waals surface area (Å²) in [5.41, 5.74) is -0.487. The van der Waals surface area contributed by atoms with Gasteiger partial charge in [0.25, 0.3) is 5.56 Å². The van der Waals surface area contributed by atoms with E-state index in [9.17, 15) is 14.4 Å². The van der Waals surface area contributed by atoms with Gasteiger partial charge in [-0.3, -0.25) is 9.36 Å². The number of rotatable bonds is 5. The van der Waals surface area contributed by atoms with E-state index in [-0.39, 0.29) is 16.5 Å². The largest absolute Gasteiger partial charge is 0.465 e. The van der Waals surface area contributed by atoms with Crippen LogP contribution in [0.15, 0.2) is 27.8 Å². The number of hydrogen-bond donors (Lipinski definition) is 1. The zero-order chi connectivity index (χ0) is 18.1. The van der Waals surface area contributed by atoms with E-state index in [0.717, 1.165) is 6.54 Å². The smallest absolute Gasteiger partial charge is 0.337 e. The van der Waals surface area contributed by atoms with Gasteiger partial charge >= 0.3 is 11.7 Å². The molecular weight excluding hydrogens is 310 g/mol. The van der Waals surface area contributed by atoms with Crippen molar-refractivity contribution in [1.82, 2.24) is 14.5 Å². The van der Waals surface area contributed by atoms with Crippen molar-refractivity contribution in [2.45, 2.75) is 20.4 Å². The highest BCUT2D eigenvalue weighted by Gasteiger charge is 2.22. The van der Waals surface area contributed by atoms with Gasteiger partial charge in [0.15, 0.2) is 0 Å². The first-order valence-electron chi connectivity index (χ1n) is 7.64. The van der Waals surface area contributed by atoms with Crippen molar-refractivity contribution >= 4 is 16.9 Å². The third-order valence-electron chi connectivity index (χ3n) is 3.73. The molecule has 7 heteroatoms. The van der Waals surface area contributed by atoms with E-state index < -0.39 is 11.7 Å². The third-order valence-corrected chi connectivity index (χ3v) is 3.73. The number of nitrogens with one attached hydrogen (secondary N) is 1. The summed E-state index contributed by atoms with van der Waals surface area (Å²) < 4.78 is 5.87. The Hall–Kier alpha value is -2.41. The van der Waals surface area contributed by atoms with Crippen molar-refractivity contribution in [3.05, 3.63) is 44.6 Å². The highest BCUT2D eigenvalue weighted by molar-refractivity contribution is 5.93. The van der Waals surface area contributed by atoms with Crippen LogP contribution in [0, 0.1) is 5.41 Å². The van der Waals surface area contributed by atoms with E-state index in [1.54, 1.807) is 0 Å². The number of fused-ring (bicyclic) bond motifs is 1. The molecule has 0 saturated heterocycles. The number of H-pyrrole nitrogens is 1. The van der Waals surface area contributed by atoms with E-state index in [2.05, 4.69) is 9.72 Å². The second-order valence-corrected chi connectivity index (χ2v) is 6.98. The second kappa shape index (κ2) is 6.60. The molecule has 0 atom stereocenters. The minimum Gasteiger partial charge on any atom is -0.465 e. The molecule has 7 nitrogen and oxygen atoms in total. The molecule has 0 saturated carbocycles. The van der Waals surface area contributed by atoms with Crippen LogP contribution >= 0.6 is 0 Å². The number of benzene rings is 1. The summed E-state index contributed by atoms with van der Waals surface area (Å²) in [4.78, 5) is 41.3. The Morgan fingerprint density at radius 3 is 2.54 bits per heavy atom. The Labute approximate surface area is 139 Å². The van der Waals surface area contributed by atoms with Crippen molar-refractivity contribution in [3.63, 3.8) is 0 Å². The molecule has 0 radical (unpaired) electrons. The predicted octanol–water partition coefficient (Wildman–Crippen LogP) is 1.06. The van der Waals surface area contributed by atoms with Crippen molar-refractivity contribution in [1.29, 1.82) is 0 Å². The van der Waals surface area contributed by atoms with Crippen molar-refractivity contribution in [2.75, 3.05) is 27.7 Å². The highest BCUT2D eigenvalue weighted by atomic mass is 16.5. The van der Waals surface area contributed by atoms with Gasteiger partial charge in [-0.1, -0.05) is 13.8 Å². The Balaban J connectivity index is 2.53. The standard InChI is InChI=1S/C17H23N3O4/c1-17(2,9-19(3)4)10-20-14(21)12-7-6-11(15(22)24-5)8-13(12)18-16(20)23/h6-8H,9-10H2,1-5H3,(H,18,23). The molecule has 1 aromatic heterocycles. The summed E-state index contributed by atoms with van der Waals surface area (Å²) in [5.74, 6) is -0.519. The number of methoxy groups -OCH3 is 1. The molecule has 1 aromatic carbocycles. The molecule has 0 bridgehead atoms. The van der Waals surface area contributed by atoms with Crippen molar-refractivity contribution < 1.29 is 9.53 Å². The summed E-state index contributed by atoms with van der Waals surface area (Å²) >= 11 is 0. The van der Waals surface area contributed by atoms with Gasteiger partial charge in [-0.05, 0) is 37.7 Å². The zero-order valence-electron chi connectivity index (χ0n) is 14.7. The van der Waals surface area contributed by atoms with E-state index in [1.807, 2.05) is 32.8 Å². The number of esters is 1.